The molecule has 0 aliphatic heterocycles. The Morgan fingerprint density at radius 1 is 1.32 bits per heavy atom. The monoisotopic (exact) mass is 372 g/mol. The van der Waals surface area contributed by atoms with Crippen LogP contribution in [0.5, 0.6) is 0 Å². The molecule has 1 aromatic carbocycles. The van der Waals surface area contributed by atoms with Crippen molar-refractivity contribution in [3.05, 3.63) is 69.1 Å². The summed E-state index contributed by atoms with van der Waals surface area (Å²) in [5.74, 6) is -0.0326. The van der Waals surface area contributed by atoms with Crippen molar-refractivity contribution in [1.29, 1.82) is 0 Å². The van der Waals surface area contributed by atoms with Crippen LogP contribution < -0.4 is 10.9 Å². The van der Waals surface area contributed by atoms with Gasteiger partial charge in [0, 0.05) is 29.3 Å². The number of nitrogens with one attached hydrogen (secondary N) is 2. The second-order valence-corrected chi connectivity index (χ2v) is 7.40. The van der Waals surface area contributed by atoms with E-state index in [1.54, 1.807) is 13.1 Å². The molecule has 128 valence electrons. The summed E-state index contributed by atoms with van der Waals surface area (Å²) in [6.07, 6.45) is 2.57. The standard InChI is InChI=1S/C17H16N4O2S2/c1-11-7-14(22)20-17(19-11)24-10-15(23)21-16-18-9-13(25-16)8-12-5-3-2-4-6-12/h2-7,9H,8,10H2,1H3,(H,18,21,23)(H,19,20,22). The van der Waals surface area contributed by atoms with Gasteiger partial charge < -0.3 is 10.3 Å². The number of aromatic nitrogens is 3. The van der Waals surface area contributed by atoms with Gasteiger partial charge in [-0.15, -0.1) is 11.3 Å². The smallest absolute Gasteiger partial charge is 0.251 e. The van der Waals surface area contributed by atoms with Gasteiger partial charge in [0.05, 0.1) is 5.75 Å². The lowest BCUT2D eigenvalue weighted by Crippen LogP contribution is -2.15. The molecule has 6 nitrogen and oxygen atoms in total. The molecule has 0 unspecified atom stereocenters. The number of anilines is 1. The van der Waals surface area contributed by atoms with Gasteiger partial charge in [-0.3, -0.25) is 9.59 Å². The van der Waals surface area contributed by atoms with Gasteiger partial charge >= 0.3 is 0 Å². The van der Waals surface area contributed by atoms with Crippen LogP contribution in [0.4, 0.5) is 5.13 Å². The molecule has 2 N–H and O–H groups in total. The maximum Gasteiger partial charge on any atom is 0.251 e. The SMILES string of the molecule is Cc1cc(=O)[nH]c(SCC(=O)Nc2ncc(Cc3ccccc3)s2)n1. The van der Waals surface area contributed by atoms with Gasteiger partial charge in [0.2, 0.25) is 5.91 Å². The fraction of sp³-hybridized carbons (Fsp3) is 0.176. The van der Waals surface area contributed by atoms with Crippen LogP contribution in [0.3, 0.4) is 0 Å². The van der Waals surface area contributed by atoms with Crippen molar-refractivity contribution in [3.63, 3.8) is 0 Å². The molecule has 8 heteroatoms. The number of carbonyl (C=O) groups is 1. The Hall–Kier alpha value is -2.45. The Balaban J connectivity index is 1.54. The molecule has 1 amide bonds. The number of aryl methyl sites for hydroxylation is 1. The molecule has 0 spiro atoms. The Morgan fingerprint density at radius 2 is 2.12 bits per heavy atom. The van der Waals surface area contributed by atoms with Crippen molar-refractivity contribution in [2.75, 3.05) is 11.1 Å². The predicted octanol–water partition coefficient (Wildman–Crippen LogP) is 2.86. The Labute approximate surface area is 152 Å². The topological polar surface area (TPSA) is 87.7 Å². The normalized spacial score (nSPS) is 10.6. The van der Waals surface area contributed by atoms with E-state index in [4.69, 9.17) is 0 Å². The molecular weight excluding hydrogens is 356 g/mol. The Kier molecular flexibility index (Phi) is 5.62. The molecular formula is C17H16N4O2S2. The summed E-state index contributed by atoms with van der Waals surface area (Å²) >= 11 is 2.64. The average molecular weight is 372 g/mol. The highest BCUT2D eigenvalue weighted by molar-refractivity contribution is 7.99. The van der Waals surface area contributed by atoms with Crippen LogP contribution >= 0.6 is 23.1 Å². The molecule has 0 fully saturated rings. The van der Waals surface area contributed by atoms with Gasteiger partial charge in [-0.2, -0.15) is 0 Å². The number of amides is 1. The predicted molar refractivity (Wildman–Crippen MR) is 100 cm³/mol. The van der Waals surface area contributed by atoms with Crippen molar-refractivity contribution < 1.29 is 4.79 Å². The number of hydrogen-bond donors (Lipinski definition) is 2. The molecule has 25 heavy (non-hydrogen) atoms. The minimum Gasteiger partial charge on any atom is -0.301 e. The second-order valence-electron chi connectivity index (χ2n) is 5.32. The zero-order valence-electron chi connectivity index (χ0n) is 13.5. The maximum atomic E-state index is 12.0. The van der Waals surface area contributed by atoms with E-state index in [-0.39, 0.29) is 17.2 Å². The maximum absolute atomic E-state index is 12.0. The van der Waals surface area contributed by atoms with Crippen molar-refractivity contribution in [1.82, 2.24) is 15.0 Å². The van der Waals surface area contributed by atoms with Crippen LogP contribution in [0.25, 0.3) is 0 Å². The first-order chi connectivity index (χ1) is 12.1. The summed E-state index contributed by atoms with van der Waals surface area (Å²) < 4.78 is 0. The van der Waals surface area contributed by atoms with Crippen LogP contribution in [-0.2, 0) is 11.2 Å². The number of thiazole rings is 1. The Bertz CT molecular complexity index is 922. The number of benzene rings is 1. The lowest BCUT2D eigenvalue weighted by Gasteiger charge is -2.02. The summed E-state index contributed by atoms with van der Waals surface area (Å²) in [6, 6.07) is 11.5. The van der Waals surface area contributed by atoms with Crippen LogP contribution in [-0.4, -0.2) is 26.6 Å². The quantitative estimate of drug-likeness (QED) is 0.513. The van der Waals surface area contributed by atoms with Gasteiger partial charge in [0.1, 0.15) is 0 Å². The van der Waals surface area contributed by atoms with Crippen molar-refractivity contribution in [2.45, 2.75) is 18.5 Å². The summed E-state index contributed by atoms with van der Waals surface area (Å²) in [5.41, 5.74) is 1.60. The molecule has 0 radical (unpaired) electrons. The first-order valence-electron chi connectivity index (χ1n) is 7.58. The average Bonchev–Trinajstić information content (AvgIpc) is 3.00. The fourth-order valence-electron chi connectivity index (χ4n) is 2.15. The molecule has 2 aromatic heterocycles. The molecule has 2 heterocycles. The third-order valence-electron chi connectivity index (χ3n) is 3.21. The van der Waals surface area contributed by atoms with E-state index in [2.05, 4.69) is 32.4 Å². The number of nitrogens with zero attached hydrogens (tertiary/aromatic N) is 2. The molecule has 0 saturated heterocycles. The lowest BCUT2D eigenvalue weighted by atomic mass is 10.1. The summed E-state index contributed by atoms with van der Waals surface area (Å²) in [5, 5.41) is 3.78. The van der Waals surface area contributed by atoms with Crippen LogP contribution in [0.1, 0.15) is 16.1 Å². The van der Waals surface area contributed by atoms with Crippen molar-refractivity contribution in [2.24, 2.45) is 0 Å². The van der Waals surface area contributed by atoms with Gasteiger partial charge in [-0.25, -0.2) is 9.97 Å². The molecule has 3 rings (SSSR count). The van der Waals surface area contributed by atoms with Crippen LogP contribution in [0, 0.1) is 6.92 Å². The van der Waals surface area contributed by atoms with Gasteiger partial charge in [-0.1, -0.05) is 42.1 Å². The lowest BCUT2D eigenvalue weighted by molar-refractivity contribution is -0.113. The minimum absolute atomic E-state index is 0.153. The summed E-state index contributed by atoms with van der Waals surface area (Å²) in [4.78, 5) is 35.5. The molecule has 0 saturated carbocycles. The number of H-pyrrole nitrogens is 1. The summed E-state index contributed by atoms with van der Waals surface area (Å²) in [6.45, 7) is 1.74. The number of rotatable bonds is 6. The minimum atomic E-state index is -0.221. The van der Waals surface area contributed by atoms with E-state index in [9.17, 15) is 9.59 Å². The van der Waals surface area contributed by atoms with Crippen molar-refractivity contribution in [3.8, 4) is 0 Å². The second kappa shape index (κ2) is 8.09. The van der Waals surface area contributed by atoms with Gasteiger partial charge in [0.25, 0.3) is 5.56 Å². The Morgan fingerprint density at radius 3 is 2.88 bits per heavy atom. The van der Waals surface area contributed by atoms with E-state index in [1.165, 1.54) is 34.7 Å². The summed E-state index contributed by atoms with van der Waals surface area (Å²) in [7, 11) is 0. The van der Waals surface area contributed by atoms with Crippen molar-refractivity contribution >= 4 is 34.1 Å². The molecule has 0 aliphatic carbocycles. The van der Waals surface area contributed by atoms with E-state index in [1.807, 2.05) is 18.2 Å². The number of aromatic amines is 1. The zero-order valence-corrected chi connectivity index (χ0v) is 15.1. The molecule has 0 atom stereocenters. The van der Waals surface area contributed by atoms with Crippen LogP contribution in [0.15, 0.2) is 52.5 Å². The highest BCUT2D eigenvalue weighted by Gasteiger charge is 2.09. The van der Waals surface area contributed by atoms with Gasteiger partial charge in [-0.05, 0) is 12.5 Å². The zero-order chi connectivity index (χ0) is 17.6. The van der Waals surface area contributed by atoms with E-state index < -0.39 is 0 Å². The first kappa shape index (κ1) is 17.4. The number of thioether (sulfide) groups is 1. The van der Waals surface area contributed by atoms with E-state index in [0.29, 0.717) is 16.0 Å². The fourth-order valence-corrected chi connectivity index (χ4v) is 3.74. The highest BCUT2D eigenvalue weighted by Crippen LogP contribution is 2.21. The molecule has 0 bridgehead atoms. The van der Waals surface area contributed by atoms with E-state index >= 15 is 0 Å². The molecule has 0 aliphatic rings. The molecule has 3 aromatic rings. The third kappa shape index (κ3) is 5.27. The van der Waals surface area contributed by atoms with Gasteiger partial charge in [0.15, 0.2) is 10.3 Å². The van der Waals surface area contributed by atoms with Crippen LogP contribution in [0.2, 0.25) is 0 Å². The number of hydrogen-bond acceptors (Lipinski definition) is 6. The number of carbonyl (C=O) groups excluding carboxylic acids is 1. The van der Waals surface area contributed by atoms with E-state index in [0.717, 1.165) is 11.3 Å². The highest BCUT2D eigenvalue weighted by atomic mass is 32.2. The largest absolute Gasteiger partial charge is 0.301 e. The third-order valence-corrected chi connectivity index (χ3v) is 5.00. The first-order valence-corrected chi connectivity index (χ1v) is 9.38.